The maximum atomic E-state index is 12.9. The van der Waals surface area contributed by atoms with Crippen LogP contribution in [0.5, 0.6) is 0 Å². The molecule has 4 aliphatic carbocycles. The summed E-state index contributed by atoms with van der Waals surface area (Å²) in [6.07, 6.45) is 10.4. The minimum Gasteiger partial charge on any atom is -0.393 e. The molecule has 2 N–H and O–H groups in total. The lowest BCUT2D eigenvalue weighted by Gasteiger charge is -2.69. The predicted molar refractivity (Wildman–Crippen MR) is 135 cm³/mol. The number of hydrogen-bond donors (Lipinski definition) is 2. The Labute approximate surface area is 202 Å². The second-order valence-electron chi connectivity index (χ2n) is 14.3. The molecule has 4 saturated carbocycles. The van der Waals surface area contributed by atoms with Gasteiger partial charge in [0.05, 0.1) is 11.7 Å². The monoisotopic (exact) mass is 458 g/mol. The van der Waals surface area contributed by atoms with Crippen molar-refractivity contribution >= 4 is 5.78 Å². The van der Waals surface area contributed by atoms with E-state index in [1.165, 1.54) is 5.57 Å². The summed E-state index contributed by atoms with van der Waals surface area (Å²) in [4.78, 5) is 12.9. The fraction of sp³-hybridized carbons (Fsp3) is 0.900. The summed E-state index contributed by atoms with van der Waals surface area (Å²) < 4.78 is 0. The molecule has 0 heterocycles. The molecule has 0 bridgehead atoms. The van der Waals surface area contributed by atoms with Crippen LogP contribution in [0, 0.1) is 45.3 Å². The Morgan fingerprint density at radius 2 is 1.67 bits per heavy atom. The first-order valence-electron chi connectivity index (χ1n) is 13.7. The first-order valence-corrected chi connectivity index (χ1v) is 13.7. The molecule has 0 aromatic heterocycles. The summed E-state index contributed by atoms with van der Waals surface area (Å²) >= 11 is 0. The minimum absolute atomic E-state index is 0.0279. The molecule has 0 radical (unpaired) electrons. The highest BCUT2D eigenvalue weighted by atomic mass is 16.3. The molecule has 4 fully saturated rings. The van der Waals surface area contributed by atoms with Crippen LogP contribution in [-0.2, 0) is 4.79 Å². The zero-order chi connectivity index (χ0) is 24.6. The number of aliphatic hydroxyl groups excluding tert-OH is 1. The molecule has 0 amide bonds. The van der Waals surface area contributed by atoms with Crippen molar-refractivity contribution in [2.24, 2.45) is 45.3 Å². The highest BCUT2D eigenvalue weighted by Crippen LogP contribution is 2.75. The van der Waals surface area contributed by atoms with Gasteiger partial charge in [0.1, 0.15) is 5.78 Å². The van der Waals surface area contributed by atoms with Gasteiger partial charge in [-0.3, -0.25) is 4.79 Å². The van der Waals surface area contributed by atoms with Crippen molar-refractivity contribution in [1.29, 1.82) is 0 Å². The smallest absolute Gasteiger partial charge is 0.138 e. The molecule has 3 nitrogen and oxygen atoms in total. The lowest BCUT2D eigenvalue weighted by Crippen LogP contribution is -2.66. The van der Waals surface area contributed by atoms with Crippen molar-refractivity contribution in [2.45, 2.75) is 125 Å². The number of carbonyl (C=O) groups is 1. The van der Waals surface area contributed by atoms with Crippen LogP contribution in [0.15, 0.2) is 11.6 Å². The van der Waals surface area contributed by atoms with Gasteiger partial charge < -0.3 is 10.2 Å². The van der Waals surface area contributed by atoms with Gasteiger partial charge >= 0.3 is 0 Å². The van der Waals surface area contributed by atoms with E-state index in [0.717, 1.165) is 51.4 Å². The van der Waals surface area contributed by atoms with Crippen LogP contribution >= 0.6 is 0 Å². The van der Waals surface area contributed by atoms with Crippen LogP contribution in [0.2, 0.25) is 0 Å². The van der Waals surface area contributed by atoms with Gasteiger partial charge in [0.15, 0.2) is 0 Å². The SMILES string of the molecule is CC(C)=CCC[C@](C)(O)[C@H]1CC[C@]2(C)C1C(O)CC1[C@@]3(C)CCC(=O)C(C)(C)C3CC[C@]12C. The maximum Gasteiger partial charge on any atom is 0.138 e. The molecule has 188 valence electrons. The van der Waals surface area contributed by atoms with Crippen LogP contribution in [0.4, 0.5) is 0 Å². The summed E-state index contributed by atoms with van der Waals surface area (Å²) in [5.41, 5.74) is 0.560. The van der Waals surface area contributed by atoms with Crippen molar-refractivity contribution in [3.8, 4) is 0 Å². The third-order valence-electron chi connectivity index (χ3n) is 12.1. The highest BCUT2D eigenvalue weighted by molar-refractivity contribution is 5.85. The fourth-order valence-electron chi connectivity index (χ4n) is 10.1. The normalized spacial score (nSPS) is 48.3. The first-order chi connectivity index (χ1) is 15.1. The number of rotatable bonds is 4. The number of ketones is 1. The van der Waals surface area contributed by atoms with E-state index in [1.54, 1.807) is 0 Å². The van der Waals surface area contributed by atoms with Crippen molar-refractivity contribution in [3.63, 3.8) is 0 Å². The van der Waals surface area contributed by atoms with E-state index in [2.05, 4.69) is 54.5 Å². The van der Waals surface area contributed by atoms with Crippen molar-refractivity contribution < 1.29 is 15.0 Å². The van der Waals surface area contributed by atoms with E-state index < -0.39 is 5.60 Å². The number of hydrogen-bond acceptors (Lipinski definition) is 3. The zero-order valence-corrected chi connectivity index (χ0v) is 22.6. The molecule has 4 rings (SSSR count). The molecule has 0 spiro atoms. The lowest BCUT2D eigenvalue weighted by atomic mass is 9.35. The molecule has 3 heteroatoms. The van der Waals surface area contributed by atoms with E-state index in [9.17, 15) is 15.0 Å². The van der Waals surface area contributed by atoms with Crippen LogP contribution in [-0.4, -0.2) is 27.7 Å². The second-order valence-corrected chi connectivity index (χ2v) is 14.3. The maximum absolute atomic E-state index is 12.9. The average Bonchev–Trinajstić information content (AvgIpc) is 3.08. The Kier molecular flexibility index (Phi) is 6.10. The lowest BCUT2D eigenvalue weighted by molar-refractivity contribution is -0.232. The third-order valence-corrected chi connectivity index (χ3v) is 12.1. The minimum atomic E-state index is -0.751. The first kappa shape index (κ1) is 25.4. The summed E-state index contributed by atoms with van der Waals surface area (Å²) in [6, 6.07) is 0. The Morgan fingerprint density at radius 3 is 2.30 bits per heavy atom. The van der Waals surface area contributed by atoms with E-state index >= 15 is 0 Å². The average molecular weight is 459 g/mol. The molecule has 0 saturated heterocycles. The summed E-state index contributed by atoms with van der Waals surface area (Å²) in [7, 11) is 0. The fourth-order valence-corrected chi connectivity index (χ4v) is 10.1. The van der Waals surface area contributed by atoms with Crippen molar-refractivity contribution in [2.75, 3.05) is 0 Å². The van der Waals surface area contributed by atoms with Gasteiger partial charge in [0.25, 0.3) is 0 Å². The number of fused-ring (bicyclic) bond motifs is 5. The molecule has 4 aliphatic rings. The second kappa shape index (κ2) is 7.92. The van der Waals surface area contributed by atoms with E-state index in [-0.39, 0.29) is 39.6 Å². The molecule has 33 heavy (non-hydrogen) atoms. The predicted octanol–water partition coefficient (Wildman–Crippen LogP) is 6.71. The standard InChI is InChI=1S/C30H50O3/c1-19(2)10-9-14-30(8,33)20-11-16-29(7)25(20)21(31)18-23-27(5)15-13-24(32)26(3,4)22(27)12-17-28(23,29)6/h10,20-23,25,31,33H,9,11-18H2,1-8H3/t20-,21?,22?,23?,25?,27-,28+,29+,30-/m0/s1. The molecule has 4 unspecified atom stereocenters. The Hall–Kier alpha value is -0.670. The highest BCUT2D eigenvalue weighted by Gasteiger charge is 2.71. The quantitative estimate of drug-likeness (QED) is 0.460. The van der Waals surface area contributed by atoms with Gasteiger partial charge in [-0.15, -0.1) is 0 Å². The van der Waals surface area contributed by atoms with E-state index in [4.69, 9.17) is 0 Å². The van der Waals surface area contributed by atoms with Gasteiger partial charge in [-0.25, -0.2) is 0 Å². The van der Waals surface area contributed by atoms with Crippen molar-refractivity contribution in [3.05, 3.63) is 11.6 Å². The number of carbonyl (C=O) groups excluding carboxylic acids is 1. The Morgan fingerprint density at radius 1 is 1.03 bits per heavy atom. The van der Waals surface area contributed by atoms with Gasteiger partial charge in [0.2, 0.25) is 0 Å². The molecular formula is C30H50O3. The topological polar surface area (TPSA) is 57.5 Å². The van der Waals surface area contributed by atoms with Gasteiger partial charge in [-0.05, 0) is 112 Å². The van der Waals surface area contributed by atoms with E-state index in [0.29, 0.717) is 24.0 Å². The summed E-state index contributed by atoms with van der Waals surface area (Å²) in [5.74, 6) is 1.57. The Balaban J connectivity index is 1.67. The van der Waals surface area contributed by atoms with Gasteiger partial charge in [0, 0.05) is 11.8 Å². The number of aliphatic hydroxyl groups is 2. The molecule has 0 aliphatic heterocycles. The van der Waals surface area contributed by atoms with Crippen molar-refractivity contribution in [1.82, 2.24) is 0 Å². The summed E-state index contributed by atoms with van der Waals surface area (Å²) in [5, 5.41) is 23.4. The number of allylic oxidation sites excluding steroid dienone is 2. The molecular weight excluding hydrogens is 408 g/mol. The molecule has 9 atom stereocenters. The molecule has 0 aromatic carbocycles. The molecule has 0 aromatic rings. The van der Waals surface area contributed by atoms with E-state index in [1.807, 2.05) is 6.92 Å². The Bertz CT molecular complexity index is 820. The van der Waals surface area contributed by atoms with Gasteiger partial charge in [-0.2, -0.15) is 0 Å². The van der Waals surface area contributed by atoms with Crippen LogP contribution < -0.4 is 0 Å². The van der Waals surface area contributed by atoms with Crippen LogP contribution in [0.1, 0.15) is 113 Å². The third kappa shape index (κ3) is 3.53. The van der Waals surface area contributed by atoms with Gasteiger partial charge in [-0.1, -0.05) is 46.3 Å². The van der Waals surface area contributed by atoms with Crippen LogP contribution in [0.3, 0.4) is 0 Å². The summed E-state index contributed by atoms with van der Waals surface area (Å²) in [6.45, 7) is 18.0. The van der Waals surface area contributed by atoms with Crippen LogP contribution in [0.25, 0.3) is 0 Å². The number of Topliss-reactive ketones (excluding diaryl/α,β-unsaturated/α-hetero) is 1. The largest absolute Gasteiger partial charge is 0.393 e. The zero-order valence-electron chi connectivity index (χ0n) is 22.6.